The second-order valence-corrected chi connectivity index (χ2v) is 23.1. The van der Waals surface area contributed by atoms with Gasteiger partial charge in [0.25, 0.3) is 0 Å². The molecule has 0 amide bonds. The van der Waals surface area contributed by atoms with Crippen LogP contribution in [0.3, 0.4) is 0 Å². The molecule has 2 aliphatic rings. The summed E-state index contributed by atoms with van der Waals surface area (Å²) in [5.74, 6) is 0.321. The first kappa shape index (κ1) is 43.9. The van der Waals surface area contributed by atoms with Crippen molar-refractivity contribution in [2.24, 2.45) is 0 Å². The Morgan fingerprint density at radius 1 is 0.316 bits per heavy atom. The molecule has 0 saturated heterocycles. The Bertz CT molecular complexity index is 4400. The van der Waals surface area contributed by atoms with E-state index in [9.17, 15) is 0 Å². The molecule has 0 radical (unpaired) electrons. The maximum Gasteiger partial charge on any atom is 0.247 e. The molecule has 0 unspecified atom stereocenters. The molecule has 356 valence electrons. The van der Waals surface area contributed by atoms with Gasteiger partial charge in [0.15, 0.2) is 0 Å². The van der Waals surface area contributed by atoms with Gasteiger partial charge in [0.05, 0.1) is 22.1 Å². The normalized spacial score (nSPS) is 12.9. The van der Waals surface area contributed by atoms with Crippen molar-refractivity contribution in [3.8, 4) is 44.8 Å². The van der Waals surface area contributed by atoms with Crippen molar-refractivity contribution < 1.29 is 0 Å². The molecule has 2 aromatic heterocycles. The maximum absolute atomic E-state index is 2.52. The molecule has 0 bridgehead atoms. The summed E-state index contributed by atoms with van der Waals surface area (Å²) in [4.78, 5) is 5.26. The molecular formula is C71H47BN2S2. The number of benzene rings is 12. The number of hydrogen-bond donors (Lipinski definition) is 0. The van der Waals surface area contributed by atoms with Gasteiger partial charge in [-0.1, -0.05) is 224 Å². The standard InChI is InChI=1S/C71H47BN2S2/c1-43(2)45-36-46(38-48(37-45)70-57-26-8-6-24-55(57)69(44-18-4-3-5-19-44)56-25-7-9-27-58(56)70)47-39-67-71-68(40-47)76-66-42-50(74-63-30-16-12-22-53(63)54-23-13-17-31-64(54)74)33-35-60(66)72(71)59-34-32-49(41-65(59)75-67)73-61-28-14-10-20-51(61)52-21-11-15-29-62(52)73/h3-43H,1-2H3. The molecule has 5 heteroatoms. The van der Waals surface area contributed by atoms with E-state index in [1.807, 2.05) is 23.5 Å². The van der Waals surface area contributed by atoms with Crippen molar-refractivity contribution in [1.29, 1.82) is 0 Å². The lowest BCUT2D eigenvalue weighted by molar-refractivity contribution is 0.867. The van der Waals surface area contributed by atoms with E-state index in [0.717, 1.165) is 0 Å². The average molecular weight is 1000 g/mol. The van der Waals surface area contributed by atoms with E-state index in [2.05, 4.69) is 266 Å². The first-order valence-corrected chi connectivity index (χ1v) is 28.1. The van der Waals surface area contributed by atoms with E-state index in [1.165, 1.54) is 151 Å². The summed E-state index contributed by atoms with van der Waals surface area (Å²) >= 11 is 3.89. The number of rotatable bonds is 6. The van der Waals surface area contributed by atoms with E-state index < -0.39 is 0 Å². The number of fused-ring (bicyclic) bond motifs is 12. The Labute approximate surface area is 450 Å². The van der Waals surface area contributed by atoms with Gasteiger partial charge in [0, 0.05) is 52.5 Å². The van der Waals surface area contributed by atoms with E-state index in [0.29, 0.717) is 5.92 Å². The molecule has 0 spiro atoms. The lowest BCUT2D eigenvalue weighted by Gasteiger charge is -2.34. The summed E-state index contributed by atoms with van der Waals surface area (Å²) < 4.78 is 4.93. The van der Waals surface area contributed by atoms with Gasteiger partial charge in [-0.25, -0.2) is 0 Å². The summed E-state index contributed by atoms with van der Waals surface area (Å²) in [6.45, 7) is 4.74. The van der Waals surface area contributed by atoms with E-state index in [-0.39, 0.29) is 6.71 Å². The van der Waals surface area contributed by atoms with Crippen molar-refractivity contribution in [1.82, 2.24) is 9.13 Å². The summed E-state index contributed by atoms with van der Waals surface area (Å²) in [6.07, 6.45) is 0. The lowest BCUT2D eigenvalue weighted by Crippen LogP contribution is -2.58. The van der Waals surface area contributed by atoms with Crippen molar-refractivity contribution in [2.75, 3.05) is 0 Å². The number of nitrogens with zero attached hydrogens (tertiary/aromatic N) is 2. The zero-order valence-corrected chi connectivity index (χ0v) is 43.6. The average Bonchev–Trinajstić information content (AvgIpc) is 4.01. The fourth-order valence-corrected chi connectivity index (χ4v) is 15.5. The minimum absolute atomic E-state index is 0.0735. The smallest absolute Gasteiger partial charge is 0.247 e. The Kier molecular flexibility index (Phi) is 9.83. The number of hydrogen-bond acceptors (Lipinski definition) is 2. The zero-order valence-electron chi connectivity index (χ0n) is 42.0. The van der Waals surface area contributed by atoms with Gasteiger partial charge in [0.1, 0.15) is 0 Å². The fourth-order valence-electron chi connectivity index (χ4n) is 13.0. The Balaban J connectivity index is 0.916. The van der Waals surface area contributed by atoms with E-state index in [1.54, 1.807) is 0 Å². The number of aromatic nitrogens is 2. The van der Waals surface area contributed by atoms with Crippen LogP contribution >= 0.6 is 23.5 Å². The summed E-state index contributed by atoms with van der Waals surface area (Å²) in [5, 5.41) is 10.2. The van der Waals surface area contributed by atoms with Gasteiger partial charge in [-0.05, 0) is 139 Å². The van der Waals surface area contributed by atoms with Gasteiger partial charge in [0.2, 0.25) is 6.71 Å². The molecule has 2 nitrogen and oxygen atoms in total. The third kappa shape index (κ3) is 6.59. The molecule has 0 N–H and O–H groups in total. The molecule has 12 aromatic carbocycles. The van der Waals surface area contributed by atoms with Crippen LogP contribution in [0.5, 0.6) is 0 Å². The molecule has 0 saturated carbocycles. The van der Waals surface area contributed by atoms with Crippen LogP contribution in [0.1, 0.15) is 25.3 Å². The topological polar surface area (TPSA) is 9.86 Å². The van der Waals surface area contributed by atoms with Crippen molar-refractivity contribution in [2.45, 2.75) is 39.3 Å². The van der Waals surface area contributed by atoms with Crippen LogP contribution in [0.2, 0.25) is 0 Å². The third-order valence-electron chi connectivity index (χ3n) is 16.4. The van der Waals surface area contributed by atoms with Gasteiger partial charge in [-0.3, -0.25) is 0 Å². The number of para-hydroxylation sites is 4. The summed E-state index contributed by atoms with van der Waals surface area (Å²) in [5.41, 5.74) is 20.3. The Morgan fingerprint density at radius 2 is 0.684 bits per heavy atom. The maximum atomic E-state index is 2.52. The SMILES string of the molecule is CC(C)c1cc(-c2cc3c4c(c2)Sc2cc(-n5c6ccccc6c6ccccc65)ccc2B4c2ccc(-n4c5ccccc5c5ccccc54)cc2S3)cc(-c2c3ccccc3c(-c3ccccc3)c3ccccc23)c1. The molecule has 14 aromatic rings. The highest BCUT2D eigenvalue weighted by Crippen LogP contribution is 2.47. The minimum Gasteiger partial charge on any atom is -0.309 e. The van der Waals surface area contributed by atoms with Crippen LogP contribution in [0.25, 0.3) is 110 Å². The van der Waals surface area contributed by atoms with Crippen LogP contribution in [-0.4, -0.2) is 15.8 Å². The van der Waals surface area contributed by atoms with Crippen molar-refractivity contribution >= 4 is 112 Å². The van der Waals surface area contributed by atoms with Crippen molar-refractivity contribution in [3.05, 3.63) is 248 Å². The highest BCUT2D eigenvalue weighted by atomic mass is 32.2. The molecule has 0 fully saturated rings. The summed E-state index contributed by atoms with van der Waals surface area (Å²) in [6, 6.07) is 91.4. The van der Waals surface area contributed by atoms with Crippen LogP contribution < -0.4 is 16.4 Å². The quantitative estimate of drug-likeness (QED) is 0.121. The zero-order chi connectivity index (χ0) is 50.2. The largest absolute Gasteiger partial charge is 0.309 e. The Morgan fingerprint density at radius 3 is 1.12 bits per heavy atom. The van der Waals surface area contributed by atoms with Crippen LogP contribution in [0, 0.1) is 0 Å². The molecule has 16 rings (SSSR count). The fraction of sp³-hybridized carbons (Fsp3) is 0.0423. The predicted molar refractivity (Wildman–Crippen MR) is 326 cm³/mol. The van der Waals surface area contributed by atoms with Crippen LogP contribution in [-0.2, 0) is 0 Å². The van der Waals surface area contributed by atoms with Crippen molar-refractivity contribution in [3.63, 3.8) is 0 Å². The van der Waals surface area contributed by atoms with Crippen LogP contribution in [0.15, 0.2) is 262 Å². The molecule has 2 aliphatic heterocycles. The van der Waals surface area contributed by atoms with Gasteiger partial charge >= 0.3 is 0 Å². The minimum atomic E-state index is 0.0735. The highest BCUT2D eigenvalue weighted by Gasteiger charge is 2.39. The molecule has 76 heavy (non-hydrogen) atoms. The van der Waals surface area contributed by atoms with Gasteiger partial charge in [-0.2, -0.15) is 0 Å². The first-order valence-electron chi connectivity index (χ1n) is 26.5. The molecule has 0 aliphatic carbocycles. The molecule has 0 atom stereocenters. The van der Waals surface area contributed by atoms with E-state index in [4.69, 9.17) is 0 Å². The lowest BCUT2D eigenvalue weighted by atomic mass is 9.36. The summed E-state index contributed by atoms with van der Waals surface area (Å²) in [7, 11) is 0. The second kappa shape index (κ2) is 17.0. The Hall–Kier alpha value is -8.48. The third-order valence-corrected chi connectivity index (χ3v) is 18.6. The monoisotopic (exact) mass is 1000 g/mol. The second-order valence-electron chi connectivity index (χ2n) is 20.9. The van der Waals surface area contributed by atoms with Gasteiger partial charge in [-0.15, -0.1) is 0 Å². The van der Waals surface area contributed by atoms with E-state index >= 15 is 0 Å². The highest BCUT2D eigenvalue weighted by molar-refractivity contribution is 8.01. The van der Waals surface area contributed by atoms with Gasteiger partial charge < -0.3 is 9.13 Å². The molecule has 4 heterocycles. The van der Waals surface area contributed by atoms with Crippen LogP contribution in [0.4, 0.5) is 0 Å². The molecular weight excluding hydrogens is 956 g/mol. The predicted octanol–water partition coefficient (Wildman–Crippen LogP) is 17.8. The first-order chi connectivity index (χ1) is 37.5.